The molecule has 1 N–H and O–H groups in total. The number of anilines is 1. The van der Waals surface area contributed by atoms with Gasteiger partial charge < -0.3 is 5.32 Å². The predicted octanol–water partition coefficient (Wildman–Crippen LogP) is 3.26. The number of fused-ring (bicyclic) bond motifs is 1. The van der Waals surface area contributed by atoms with Crippen molar-refractivity contribution in [1.82, 2.24) is 9.29 Å². The molecule has 1 aliphatic carbocycles. The van der Waals surface area contributed by atoms with Gasteiger partial charge in [-0.25, -0.2) is 13.4 Å². The SMILES string of the molecule is O=C(Nc1nc2c(s1)CN(S(=O)(=O)c1cccc(C(F)(F)F)c1)CC2)C1CC1. The largest absolute Gasteiger partial charge is 0.416 e. The molecule has 1 saturated carbocycles. The van der Waals surface area contributed by atoms with Gasteiger partial charge in [0.15, 0.2) is 5.13 Å². The van der Waals surface area contributed by atoms with Gasteiger partial charge in [-0.15, -0.1) is 11.3 Å². The van der Waals surface area contributed by atoms with Crippen LogP contribution in [-0.4, -0.2) is 30.2 Å². The van der Waals surface area contributed by atoms with Crippen LogP contribution >= 0.6 is 11.3 Å². The Morgan fingerprint density at radius 1 is 1.29 bits per heavy atom. The minimum absolute atomic E-state index is 0.0187. The van der Waals surface area contributed by atoms with Crippen LogP contribution in [0.3, 0.4) is 0 Å². The number of amides is 1. The summed E-state index contributed by atoms with van der Waals surface area (Å²) >= 11 is 1.20. The quantitative estimate of drug-likeness (QED) is 0.806. The van der Waals surface area contributed by atoms with E-state index in [1.54, 1.807) is 0 Å². The highest BCUT2D eigenvalue weighted by molar-refractivity contribution is 7.89. The molecule has 2 heterocycles. The van der Waals surface area contributed by atoms with Gasteiger partial charge in [0.25, 0.3) is 0 Å². The zero-order chi connectivity index (χ0) is 20.1. The first-order valence-corrected chi connectivity index (χ1v) is 10.9. The molecule has 1 aromatic heterocycles. The molecular weight excluding hydrogens is 415 g/mol. The van der Waals surface area contributed by atoms with Crippen LogP contribution in [0.1, 0.15) is 29.0 Å². The lowest BCUT2D eigenvalue weighted by molar-refractivity contribution is -0.137. The van der Waals surface area contributed by atoms with Crippen LogP contribution in [0, 0.1) is 5.92 Å². The molecule has 0 radical (unpaired) electrons. The number of rotatable bonds is 4. The second-order valence-electron chi connectivity index (χ2n) is 6.77. The van der Waals surface area contributed by atoms with Crippen molar-refractivity contribution in [2.24, 2.45) is 5.92 Å². The van der Waals surface area contributed by atoms with E-state index >= 15 is 0 Å². The van der Waals surface area contributed by atoms with Gasteiger partial charge in [-0.3, -0.25) is 4.79 Å². The smallest absolute Gasteiger partial charge is 0.302 e. The Morgan fingerprint density at radius 3 is 2.71 bits per heavy atom. The van der Waals surface area contributed by atoms with Crippen LogP contribution in [0.2, 0.25) is 0 Å². The Morgan fingerprint density at radius 2 is 2.04 bits per heavy atom. The standard InChI is InChI=1S/C17H16F3N3O3S2/c18-17(19,20)11-2-1-3-12(8-11)28(25,26)23-7-6-13-14(9-23)27-16(21-13)22-15(24)10-4-5-10/h1-3,8,10H,4-7,9H2,(H,21,22,24). The van der Waals surface area contributed by atoms with Gasteiger partial charge in [0.1, 0.15) is 0 Å². The summed E-state index contributed by atoms with van der Waals surface area (Å²) in [6.07, 6.45) is -2.56. The number of sulfonamides is 1. The predicted molar refractivity (Wildman–Crippen MR) is 96.2 cm³/mol. The molecule has 1 amide bonds. The fourth-order valence-electron chi connectivity index (χ4n) is 2.97. The maximum atomic E-state index is 12.9. The summed E-state index contributed by atoms with van der Waals surface area (Å²) < 4.78 is 65.6. The van der Waals surface area contributed by atoms with Gasteiger partial charge in [0.2, 0.25) is 15.9 Å². The molecule has 0 unspecified atom stereocenters. The molecule has 2 aromatic rings. The van der Waals surface area contributed by atoms with Gasteiger partial charge in [0.05, 0.1) is 22.7 Å². The lowest BCUT2D eigenvalue weighted by Gasteiger charge is -2.25. The van der Waals surface area contributed by atoms with E-state index in [9.17, 15) is 26.4 Å². The Hall–Kier alpha value is -1.98. The Bertz CT molecular complexity index is 1030. The molecule has 0 bridgehead atoms. The van der Waals surface area contributed by atoms with Crippen LogP contribution in [-0.2, 0) is 34.0 Å². The summed E-state index contributed by atoms with van der Waals surface area (Å²) in [5, 5.41) is 3.18. The van der Waals surface area contributed by atoms with Gasteiger partial charge in [-0.1, -0.05) is 6.07 Å². The highest BCUT2D eigenvalue weighted by atomic mass is 32.2. The number of carbonyl (C=O) groups is 1. The van der Waals surface area contributed by atoms with Crippen molar-refractivity contribution in [1.29, 1.82) is 0 Å². The zero-order valence-corrected chi connectivity index (χ0v) is 16.1. The third kappa shape index (κ3) is 3.78. The number of alkyl halides is 3. The summed E-state index contributed by atoms with van der Waals surface area (Å²) in [7, 11) is -4.08. The number of benzene rings is 1. The highest BCUT2D eigenvalue weighted by Gasteiger charge is 2.35. The number of hydrogen-bond acceptors (Lipinski definition) is 5. The lowest BCUT2D eigenvalue weighted by Crippen LogP contribution is -2.35. The van der Waals surface area contributed by atoms with Crippen molar-refractivity contribution in [3.05, 3.63) is 40.4 Å². The van der Waals surface area contributed by atoms with E-state index in [1.807, 2.05) is 0 Å². The second kappa shape index (κ2) is 6.82. The first kappa shape index (κ1) is 19.3. The Kier molecular flexibility index (Phi) is 4.71. The van der Waals surface area contributed by atoms with E-state index in [0.717, 1.165) is 35.3 Å². The Labute approximate surface area is 163 Å². The van der Waals surface area contributed by atoms with Gasteiger partial charge in [0, 0.05) is 23.8 Å². The number of thiazole rings is 1. The second-order valence-corrected chi connectivity index (χ2v) is 9.79. The van der Waals surface area contributed by atoms with Crippen molar-refractivity contribution >= 4 is 32.4 Å². The highest BCUT2D eigenvalue weighted by Crippen LogP contribution is 2.35. The van der Waals surface area contributed by atoms with Crippen molar-refractivity contribution in [2.45, 2.75) is 36.9 Å². The minimum atomic E-state index is -4.62. The molecule has 1 aromatic carbocycles. The first-order chi connectivity index (χ1) is 13.1. The molecule has 1 aliphatic heterocycles. The summed E-state index contributed by atoms with van der Waals surface area (Å²) in [6, 6.07) is 3.74. The summed E-state index contributed by atoms with van der Waals surface area (Å²) in [5.74, 6) is -0.0572. The Balaban J connectivity index is 1.55. The molecule has 150 valence electrons. The average molecular weight is 431 g/mol. The van der Waals surface area contributed by atoms with E-state index in [4.69, 9.17) is 0 Å². The van der Waals surface area contributed by atoms with E-state index in [0.29, 0.717) is 28.2 Å². The zero-order valence-electron chi connectivity index (χ0n) is 14.5. The summed E-state index contributed by atoms with van der Waals surface area (Å²) in [4.78, 5) is 16.5. The maximum absolute atomic E-state index is 12.9. The number of carbonyl (C=O) groups excluding carboxylic acids is 1. The average Bonchev–Trinajstić information content (AvgIpc) is 3.41. The van der Waals surface area contributed by atoms with E-state index in [-0.39, 0.29) is 24.9 Å². The number of halogens is 3. The summed E-state index contributed by atoms with van der Waals surface area (Å²) in [5.41, 5.74) is -0.291. The number of nitrogens with one attached hydrogen (secondary N) is 1. The molecule has 4 rings (SSSR count). The molecule has 0 spiro atoms. The van der Waals surface area contributed by atoms with E-state index in [1.165, 1.54) is 11.3 Å². The van der Waals surface area contributed by atoms with Gasteiger partial charge in [-0.05, 0) is 31.0 Å². The van der Waals surface area contributed by atoms with E-state index in [2.05, 4.69) is 10.3 Å². The molecular formula is C17H16F3N3O3S2. The van der Waals surface area contributed by atoms with Crippen LogP contribution in [0.5, 0.6) is 0 Å². The molecule has 11 heteroatoms. The molecule has 1 fully saturated rings. The third-order valence-electron chi connectivity index (χ3n) is 4.67. The fourth-order valence-corrected chi connectivity index (χ4v) is 5.53. The summed E-state index contributed by atoms with van der Waals surface area (Å²) in [6.45, 7) is 0.135. The monoisotopic (exact) mass is 431 g/mol. The first-order valence-electron chi connectivity index (χ1n) is 8.61. The molecule has 2 aliphatic rings. The van der Waals surface area contributed by atoms with Crippen molar-refractivity contribution in [2.75, 3.05) is 11.9 Å². The lowest BCUT2D eigenvalue weighted by atomic mass is 10.2. The molecule has 0 saturated heterocycles. The normalized spacial score (nSPS) is 18.0. The van der Waals surface area contributed by atoms with Crippen LogP contribution in [0.15, 0.2) is 29.2 Å². The number of hydrogen-bond donors (Lipinski definition) is 1. The fraction of sp³-hybridized carbons (Fsp3) is 0.412. The van der Waals surface area contributed by atoms with Crippen LogP contribution < -0.4 is 5.32 Å². The molecule has 28 heavy (non-hydrogen) atoms. The van der Waals surface area contributed by atoms with Gasteiger partial charge >= 0.3 is 6.18 Å². The molecule has 0 atom stereocenters. The minimum Gasteiger partial charge on any atom is -0.302 e. The third-order valence-corrected chi connectivity index (χ3v) is 7.51. The van der Waals surface area contributed by atoms with Crippen LogP contribution in [0.25, 0.3) is 0 Å². The van der Waals surface area contributed by atoms with Gasteiger partial charge in [-0.2, -0.15) is 17.5 Å². The topological polar surface area (TPSA) is 79.4 Å². The molecule has 6 nitrogen and oxygen atoms in total. The van der Waals surface area contributed by atoms with Crippen molar-refractivity contribution in [3.63, 3.8) is 0 Å². The van der Waals surface area contributed by atoms with Crippen molar-refractivity contribution in [3.8, 4) is 0 Å². The van der Waals surface area contributed by atoms with E-state index < -0.39 is 26.7 Å². The number of aromatic nitrogens is 1. The van der Waals surface area contributed by atoms with Crippen LogP contribution in [0.4, 0.5) is 18.3 Å². The number of nitrogens with zero attached hydrogens (tertiary/aromatic N) is 2. The van der Waals surface area contributed by atoms with Crippen molar-refractivity contribution < 1.29 is 26.4 Å². The maximum Gasteiger partial charge on any atom is 0.416 e.